The molecule has 1 amide bonds. The highest BCUT2D eigenvalue weighted by Crippen LogP contribution is 2.28. The number of carbonyl (C=O) groups is 2. The smallest absolute Gasteiger partial charge is 0.303 e. The third kappa shape index (κ3) is 3.91. The van der Waals surface area contributed by atoms with Crippen LogP contribution in [0.15, 0.2) is 36.4 Å². The van der Waals surface area contributed by atoms with Crippen LogP contribution < -0.4 is 19.4 Å². The second kappa shape index (κ2) is 7.97. The van der Waals surface area contributed by atoms with Crippen LogP contribution in [-0.2, 0) is 11.3 Å². The van der Waals surface area contributed by atoms with Crippen molar-refractivity contribution < 1.29 is 24.1 Å². The van der Waals surface area contributed by atoms with Crippen LogP contribution in [0.2, 0.25) is 0 Å². The second-order valence-corrected chi connectivity index (χ2v) is 8.23. The minimum absolute atomic E-state index is 0.376. The molecule has 1 saturated heterocycles. The number of nitrogens with one attached hydrogen (secondary N) is 2. The summed E-state index contributed by atoms with van der Waals surface area (Å²) in [4.78, 5) is 29.4. The van der Waals surface area contributed by atoms with Crippen molar-refractivity contribution in [2.24, 2.45) is 0 Å². The van der Waals surface area contributed by atoms with Gasteiger partial charge in [0.05, 0.1) is 18.4 Å². The summed E-state index contributed by atoms with van der Waals surface area (Å²) in [5, 5.41) is 0. The summed E-state index contributed by atoms with van der Waals surface area (Å²) in [7, 11) is 1.72. The van der Waals surface area contributed by atoms with Gasteiger partial charge in [-0.3, -0.25) is 14.5 Å². The third-order valence-corrected chi connectivity index (χ3v) is 6.05. The number of quaternary nitrogens is 2. The number of rotatable bonds is 5. The Morgan fingerprint density at radius 2 is 1.59 bits per heavy atom. The minimum Gasteiger partial charge on any atom is -0.496 e. The van der Waals surface area contributed by atoms with Gasteiger partial charge in [-0.05, 0) is 38.1 Å². The number of amides is 1. The zero-order chi connectivity index (χ0) is 20.5. The van der Waals surface area contributed by atoms with E-state index in [4.69, 9.17) is 4.74 Å². The Kier molecular flexibility index (Phi) is 5.39. The summed E-state index contributed by atoms with van der Waals surface area (Å²) in [5.74, 6) is 0.183. The largest absolute Gasteiger partial charge is 0.496 e. The lowest BCUT2D eigenvalue weighted by atomic mass is 10.1. The van der Waals surface area contributed by atoms with Crippen molar-refractivity contribution >= 4 is 17.4 Å². The van der Waals surface area contributed by atoms with Crippen molar-refractivity contribution in [3.8, 4) is 5.75 Å². The Labute approximate surface area is 171 Å². The van der Waals surface area contributed by atoms with E-state index in [2.05, 4.69) is 19.1 Å². The first-order valence-electron chi connectivity index (χ1n) is 10.2. The lowest BCUT2D eigenvalue weighted by molar-refractivity contribution is -1.02. The average Bonchev–Trinajstić information content (AvgIpc) is 2.94. The Balaban J connectivity index is 1.38. The first-order valence-corrected chi connectivity index (χ1v) is 10.2. The molecule has 6 nitrogen and oxygen atoms in total. The SMILES string of the molecule is COc1ccc(C)cc1C[NH+]1CC[NH+](CN2C(=O)C(=O)c3cc(C)ccc32)CC1. The molecule has 4 rings (SSSR count). The highest BCUT2D eigenvalue weighted by molar-refractivity contribution is 6.52. The highest BCUT2D eigenvalue weighted by atomic mass is 16.5. The van der Waals surface area contributed by atoms with Crippen LogP contribution in [-0.4, -0.2) is 51.6 Å². The fourth-order valence-corrected chi connectivity index (χ4v) is 4.40. The lowest BCUT2D eigenvalue weighted by Crippen LogP contribution is -3.28. The molecule has 0 atom stereocenters. The molecule has 0 bridgehead atoms. The molecular formula is C23H29N3O3+2. The van der Waals surface area contributed by atoms with Gasteiger partial charge in [-0.2, -0.15) is 0 Å². The molecule has 0 aromatic heterocycles. The first kappa shape index (κ1) is 19.6. The fourth-order valence-electron chi connectivity index (χ4n) is 4.40. The standard InChI is InChI=1S/C23H27N3O3/c1-16-5-7-21(29-3)18(12-16)14-24-8-10-25(11-9-24)15-26-20-6-4-17(2)13-19(20)22(27)23(26)28/h4-7,12-13H,8-11,14-15H2,1-3H3/p+2. The number of hydrogen-bond acceptors (Lipinski definition) is 3. The molecule has 0 unspecified atom stereocenters. The number of ketones is 1. The molecular weight excluding hydrogens is 366 g/mol. The van der Waals surface area contributed by atoms with Crippen molar-refractivity contribution in [1.29, 1.82) is 0 Å². The summed E-state index contributed by atoms with van der Waals surface area (Å²) >= 11 is 0. The number of nitrogens with zero attached hydrogens (tertiary/aromatic N) is 1. The van der Waals surface area contributed by atoms with E-state index in [0.29, 0.717) is 12.2 Å². The van der Waals surface area contributed by atoms with E-state index in [0.717, 1.165) is 49.7 Å². The average molecular weight is 396 g/mol. The van der Waals surface area contributed by atoms with E-state index in [9.17, 15) is 9.59 Å². The van der Waals surface area contributed by atoms with Gasteiger partial charge in [-0.25, -0.2) is 0 Å². The minimum atomic E-state index is -0.391. The van der Waals surface area contributed by atoms with Gasteiger partial charge < -0.3 is 14.5 Å². The van der Waals surface area contributed by atoms with Crippen LogP contribution in [0.25, 0.3) is 0 Å². The summed E-state index contributed by atoms with van der Waals surface area (Å²) in [6, 6.07) is 12.0. The highest BCUT2D eigenvalue weighted by Gasteiger charge is 2.38. The maximum Gasteiger partial charge on any atom is 0.303 e. The van der Waals surface area contributed by atoms with Gasteiger partial charge >= 0.3 is 5.91 Å². The number of hydrogen-bond donors (Lipinski definition) is 2. The number of piperazine rings is 1. The Morgan fingerprint density at radius 3 is 2.31 bits per heavy atom. The predicted molar refractivity (Wildman–Crippen MR) is 111 cm³/mol. The van der Waals surface area contributed by atoms with Crippen molar-refractivity contribution in [2.45, 2.75) is 20.4 Å². The monoisotopic (exact) mass is 395 g/mol. The van der Waals surface area contributed by atoms with Crippen LogP contribution in [0.1, 0.15) is 27.0 Å². The molecule has 1 fully saturated rings. The van der Waals surface area contributed by atoms with Crippen LogP contribution in [0.4, 0.5) is 5.69 Å². The van der Waals surface area contributed by atoms with Crippen molar-refractivity contribution in [2.75, 3.05) is 44.9 Å². The molecule has 0 saturated carbocycles. The number of benzene rings is 2. The second-order valence-electron chi connectivity index (χ2n) is 8.23. The van der Waals surface area contributed by atoms with E-state index in [1.807, 2.05) is 31.2 Å². The van der Waals surface area contributed by atoms with E-state index < -0.39 is 5.91 Å². The Bertz CT molecular complexity index is 948. The summed E-state index contributed by atoms with van der Waals surface area (Å²) in [6.45, 7) is 9.56. The van der Waals surface area contributed by atoms with Gasteiger partial charge in [0.2, 0.25) is 0 Å². The number of methoxy groups -OCH3 is 1. The normalized spacial score (nSPS) is 21.4. The Morgan fingerprint density at radius 1 is 0.931 bits per heavy atom. The van der Waals surface area contributed by atoms with Gasteiger partial charge in [0.1, 0.15) is 38.5 Å². The number of anilines is 1. The summed E-state index contributed by atoms with van der Waals surface area (Å²) in [5.41, 5.74) is 4.80. The molecule has 152 valence electrons. The van der Waals surface area contributed by atoms with Gasteiger partial charge in [0.15, 0.2) is 6.67 Å². The van der Waals surface area contributed by atoms with Crippen LogP contribution in [0, 0.1) is 13.8 Å². The molecule has 2 N–H and O–H groups in total. The van der Waals surface area contributed by atoms with Crippen molar-refractivity contribution in [1.82, 2.24) is 0 Å². The number of carbonyl (C=O) groups excluding carboxylic acids is 2. The van der Waals surface area contributed by atoms with E-state index >= 15 is 0 Å². The number of aryl methyl sites for hydroxylation is 2. The summed E-state index contributed by atoms with van der Waals surface area (Å²) in [6.07, 6.45) is 0. The van der Waals surface area contributed by atoms with Gasteiger partial charge in [0, 0.05) is 5.56 Å². The molecule has 0 spiro atoms. The molecule has 6 heteroatoms. The maximum atomic E-state index is 12.5. The number of ether oxygens (including phenoxy) is 1. The zero-order valence-corrected chi connectivity index (χ0v) is 17.4. The number of Topliss-reactive ketones (excluding diaryl/α,β-unsaturated/α-hetero) is 1. The molecule has 0 radical (unpaired) electrons. The maximum absolute atomic E-state index is 12.5. The lowest BCUT2D eigenvalue weighted by Gasteiger charge is -2.32. The van der Waals surface area contributed by atoms with Gasteiger partial charge in [-0.1, -0.05) is 23.3 Å². The predicted octanol–water partition coefficient (Wildman–Crippen LogP) is -0.218. The van der Waals surface area contributed by atoms with Gasteiger partial charge in [-0.15, -0.1) is 0 Å². The molecule has 2 aromatic rings. The van der Waals surface area contributed by atoms with E-state index in [1.54, 1.807) is 12.0 Å². The van der Waals surface area contributed by atoms with Crippen molar-refractivity contribution in [3.05, 3.63) is 58.7 Å². The van der Waals surface area contributed by atoms with E-state index in [-0.39, 0.29) is 5.78 Å². The third-order valence-electron chi connectivity index (χ3n) is 6.05. The van der Waals surface area contributed by atoms with Crippen LogP contribution in [0.5, 0.6) is 5.75 Å². The molecule has 2 aliphatic rings. The molecule has 2 aliphatic heterocycles. The molecule has 0 aliphatic carbocycles. The van der Waals surface area contributed by atoms with Crippen LogP contribution >= 0.6 is 0 Å². The van der Waals surface area contributed by atoms with Gasteiger partial charge in [0.25, 0.3) is 5.78 Å². The first-order chi connectivity index (χ1) is 14.0. The zero-order valence-electron chi connectivity index (χ0n) is 17.4. The topological polar surface area (TPSA) is 55.5 Å². The molecule has 29 heavy (non-hydrogen) atoms. The van der Waals surface area contributed by atoms with Crippen molar-refractivity contribution in [3.63, 3.8) is 0 Å². The molecule has 2 heterocycles. The van der Waals surface area contributed by atoms with E-state index in [1.165, 1.54) is 20.9 Å². The Hall–Kier alpha value is -2.70. The quantitative estimate of drug-likeness (QED) is 0.689. The summed E-state index contributed by atoms with van der Waals surface area (Å²) < 4.78 is 5.52. The molecule has 2 aromatic carbocycles. The van der Waals surface area contributed by atoms with Crippen LogP contribution in [0.3, 0.4) is 0 Å². The number of fused-ring (bicyclic) bond motifs is 1. The fraction of sp³-hybridized carbons (Fsp3) is 0.391.